The van der Waals surface area contributed by atoms with E-state index in [0.717, 1.165) is 47.6 Å². The van der Waals surface area contributed by atoms with Crippen LogP contribution in [0.2, 0.25) is 0 Å². The Balaban J connectivity index is 1.88. The van der Waals surface area contributed by atoms with E-state index in [-0.39, 0.29) is 17.1 Å². The lowest BCUT2D eigenvalue weighted by Gasteiger charge is -2.39. The zero-order chi connectivity index (χ0) is 23.0. The third kappa shape index (κ3) is 3.85. The predicted molar refractivity (Wildman–Crippen MR) is 130 cm³/mol. The third-order valence-electron chi connectivity index (χ3n) is 6.72. The molecule has 5 nitrogen and oxygen atoms in total. The summed E-state index contributed by atoms with van der Waals surface area (Å²) in [6, 6.07) is 12.7. The van der Waals surface area contributed by atoms with E-state index < -0.39 is 0 Å². The summed E-state index contributed by atoms with van der Waals surface area (Å²) < 4.78 is 11.2. The van der Waals surface area contributed by atoms with E-state index in [9.17, 15) is 4.79 Å². The molecule has 170 valence electrons. The van der Waals surface area contributed by atoms with E-state index >= 15 is 0 Å². The van der Waals surface area contributed by atoms with Gasteiger partial charge in [-0.2, -0.15) is 0 Å². The van der Waals surface area contributed by atoms with Crippen LogP contribution in [-0.4, -0.2) is 33.1 Å². The molecule has 0 unspecified atom stereocenters. The number of nitrogens with zero attached hydrogens (tertiary/aromatic N) is 1. The minimum Gasteiger partial charge on any atom is -0.493 e. The predicted octanol–water partition coefficient (Wildman–Crippen LogP) is 5.75. The minimum absolute atomic E-state index is 0.0614. The number of rotatable bonds is 6. The van der Waals surface area contributed by atoms with Crippen LogP contribution in [0.1, 0.15) is 57.6 Å². The Bertz CT molecular complexity index is 1050. The fourth-order valence-electron chi connectivity index (χ4n) is 5.15. The topological polar surface area (TPSA) is 50.8 Å². The van der Waals surface area contributed by atoms with Crippen LogP contribution in [-0.2, 0) is 4.79 Å². The van der Waals surface area contributed by atoms with Crippen LogP contribution in [0.4, 0.5) is 11.4 Å². The summed E-state index contributed by atoms with van der Waals surface area (Å²) in [5, 5.41) is 3.57. The van der Waals surface area contributed by atoms with Gasteiger partial charge in [-0.05, 0) is 55.0 Å². The molecular weight excluding hydrogens is 400 g/mol. The van der Waals surface area contributed by atoms with Crippen LogP contribution in [0.15, 0.2) is 47.7 Å². The molecule has 0 fully saturated rings. The van der Waals surface area contributed by atoms with E-state index in [1.165, 1.54) is 5.69 Å². The first-order valence-electron chi connectivity index (χ1n) is 11.5. The molecule has 32 heavy (non-hydrogen) atoms. The highest BCUT2D eigenvalue weighted by Gasteiger charge is 2.41. The van der Waals surface area contributed by atoms with Crippen molar-refractivity contribution in [1.29, 1.82) is 0 Å². The Morgan fingerprint density at radius 1 is 1.00 bits per heavy atom. The van der Waals surface area contributed by atoms with Gasteiger partial charge in [-0.15, -0.1) is 0 Å². The van der Waals surface area contributed by atoms with Gasteiger partial charge in [0.15, 0.2) is 17.3 Å². The molecular formula is C27H34N2O3. The highest BCUT2D eigenvalue weighted by atomic mass is 16.5. The number of anilines is 2. The summed E-state index contributed by atoms with van der Waals surface area (Å²) in [6.07, 6.45) is 1.40. The van der Waals surface area contributed by atoms with Gasteiger partial charge in [-0.25, -0.2) is 0 Å². The van der Waals surface area contributed by atoms with E-state index in [2.05, 4.69) is 62.2 Å². The highest BCUT2D eigenvalue weighted by molar-refractivity contribution is 6.01. The number of ether oxygens (including phenoxy) is 2. The highest BCUT2D eigenvalue weighted by Crippen LogP contribution is 2.51. The Hall–Kier alpha value is -2.95. The molecule has 2 aliphatic rings. The van der Waals surface area contributed by atoms with Crippen LogP contribution in [0, 0.1) is 5.41 Å². The molecule has 0 saturated carbocycles. The molecule has 1 aliphatic heterocycles. The number of nitrogens with one attached hydrogen (secondary N) is 1. The molecule has 1 aliphatic carbocycles. The van der Waals surface area contributed by atoms with Crippen molar-refractivity contribution in [2.75, 3.05) is 37.5 Å². The zero-order valence-electron chi connectivity index (χ0n) is 20.0. The van der Waals surface area contributed by atoms with Gasteiger partial charge in [-0.1, -0.05) is 26.0 Å². The van der Waals surface area contributed by atoms with Gasteiger partial charge in [0.2, 0.25) is 0 Å². The SMILES string of the molecule is CCN(CC)c1ccc([C@@H]2C3=C(CC(C)(C)CC3=O)Nc3cc(OC)c(OC)cc32)cc1. The molecule has 1 N–H and O–H groups in total. The normalized spacial score (nSPS) is 19.1. The number of methoxy groups -OCH3 is 2. The summed E-state index contributed by atoms with van der Waals surface area (Å²) in [5.41, 5.74) is 6.20. The zero-order valence-corrected chi connectivity index (χ0v) is 20.0. The number of Topliss-reactive ketones (excluding diaryl/α,β-unsaturated/α-hetero) is 1. The molecule has 1 heterocycles. The fraction of sp³-hybridized carbons (Fsp3) is 0.444. The van der Waals surface area contributed by atoms with E-state index in [0.29, 0.717) is 17.9 Å². The Labute approximate surface area is 191 Å². The number of benzene rings is 2. The third-order valence-corrected chi connectivity index (χ3v) is 6.72. The lowest BCUT2D eigenvalue weighted by molar-refractivity contribution is -0.118. The van der Waals surface area contributed by atoms with Crippen molar-refractivity contribution in [2.24, 2.45) is 5.41 Å². The van der Waals surface area contributed by atoms with Crippen LogP contribution >= 0.6 is 0 Å². The fourth-order valence-corrected chi connectivity index (χ4v) is 5.15. The first-order chi connectivity index (χ1) is 15.3. The molecule has 4 rings (SSSR count). The number of carbonyl (C=O) groups is 1. The molecule has 0 radical (unpaired) electrons. The van der Waals surface area contributed by atoms with Crippen LogP contribution in [0.5, 0.6) is 11.5 Å². The van der Waals surface area contributed by atoms with Gasteiger partial charge in [0.1, 0.15) is 0 Å². The van der Waals surface area contributed by atoms with Gasteiger partial charge in [0.05, 0.1) is 14.2 Å². The van der Waals surface area contributed by atoms with Crippen molar-refractivity contribution < 1.29 is 14.3 Å². The molecule has 0 bridgehead atoms. The standard InChI is InChI=1S/C27H34N2O3/c1-7-29(8-2)18-11-9-17(10-12-18)25-19-13-23(31-5)24(32-6)14-20(19)28-21-15-27(3,4)16-22(30)26(21)25/h9-14,25,28H,7-8,15-16H2,1-6H3/t25-/m0/s1. The molecule has 2 aromatic rings. The molecule has 0 aromatic heterocycles. The van der Waals surface area contributed by atoms with Crippen molar-refractivity contribution in [3.63, 3.8) is 0 Å². The van der Waals surface area contributed by atoms with Crippen LogP contribution < -0.4 is 19.7 Å². The summed E-state index contributed by atoms with van der Waals surface area (Å²) in [7, 11) is 3.29. The number of allylic oxidation sites excluding steroid dienone is 2. The van der Waals surface area contributed by atoms with Crippen molar-refractivity contribution >= 4 is 17.2 Å². The summed E-state index contributed by atoms with van der Waals surface area (Å²) in [4.78, 5) is 15.7. The van der Waals surface area contributed by atoms with Gasteiger partial charge < -0.3 is 19.7 Å². The molecule has 1 atom stereocenters. The molecule has 5 heteroatoms. The number of ketones is 1. The second-order valence-corrected chi connectivity index (χ2v) is 9.45. The Morgan fingerprint density at radius 2 is 1.62 bits per heavy atom. The van der Waals surface area contributed by atoms with Crippen molar-refractivity contribution in [3.05, 3.63) is 58.8 Å². The molecule has 2 aromatic carbocycles. The molecule has 0 spiro atoms. The van der Waals surface area contributed by atoms with Crippen LogP contribution in [0.25, 0.3) is 0 Å². The maximum atomic E-state index is 13.4. The number of hydrogen-bond donors (Lipinski definition) is 1. The summed E-state index contributed by atoms with van der Waals surface area (Å²) in [6.45, 7) is 10.6. The second-order valence-electron chi connectivity index (χ2n) is 9.45. The summed E-state index contributed by atoms with van der Waals surface area (Å²) in [5.74, 6) is 1.45. The van der Waals surface area contributed by atoms with E-state index in [1.54, 1.807) is 14.2 Å². The smallest absolute Gasteiger partial charge is 0.162 e. The quantitative estimate of drug-likeness (QED) is 0.627. The maximum absolute atomic E-state index is 13.4. The first kappa shape index (κ1) is 22.3. The second kappa shape index (κ2) is 8.53. The van der Waals surface area contributed by atoms with Gasteiger partial charge >= 0.3 is 0 Å². The Kier molecular flexibility index (Phi) is 5.93. The minimum atomic E-state index is -0.129. The molecule has 0 amide bonds. The largest absolute Gasteiger partial charge is 0.493 e. The van der Waals surface area contributed by atoms with Crippen molar-refractivity contribution in [3.8, 4) is 11.5 Å². The van der Waals surface area contributed by atoms with Crippen molar-refractivity contribution in [2.45, 2.75) is 46.5 Å². The number of hydrogen-bond acceptors (Lipinski definition) is 5. The van der Waals surface area contributed by atoms with Gasteiger partial charge in [-0.3, -0.25) is 4.79 Å². The summed E-state index contributed by atoms with van der Waals surface area (Å²) >= 11 is 0. The number of fused-ring (bicyclic) bond motifs is 1. The lowest BCUT2D eigenvalue weighted by Crippen LogP contribution is -2.33. The van der Waals surface area contributed by atoms with Gasteiger partial charge in [0.25, 0.3) is 0 Å². The van der Waals surface area contributed by atoms with E-state index in [1.807, 2.05) is 12.1 Å². The van der Waals surface area contributed by atoms with Gasteiger partial charge in [0, 0.05) is 54.1 Å². The Morgan fingerprint density at radius 3 is 2.22 bits per heavy atom. The van der Waals surface area contributed by atoms with Crippen molar-refractivity contribution in [1.82, 2.24) is 0 Å². The first-order valence-corrected chi connectivity index (χ1v) is 11.5. The monoisotopic (exact) mass is 434 g/mol. The average Bonchev–Trinajstić information content (AvgIpc) is 2.77. The lowest BCUT2D eigenvalue weighted by atomic mass is 9.68. The van der Waals surface area contributed by atoms with E-state index in [4.69, 9.17) is 9.47 Å². The maximum Gasteiger partial charge on any atom is 0.162 e. The van der Waals surface area contributed by atoms with Crippen LogP contribution in [0.3, 0.4) is 0 Å². The molecule has 0 saturated heterocycles. The average molecular weight is 435 g/mol. The number of carbonyl (C=O) groups excluding carboxylic acids is 1.